The van der Waals surface area contributed by atoms with Gasteiger partial charge in [0, 0.05) is 19.2 Å². The minimum Gasteiger partial charge on any atom is -0.508 e. The van der Waals surface area contributed by atoms with Crippen molar-refractivity contribution in [2.24, 2.45) is 0 Å². The summed E-state index contributed by atoms with van der Waals surface area (Å²) in [5.74, 6) is -0.914. The number of carbonyl (C=O) groups is 2. The molecule has 0 spiro atoms. The summed E-state index contributed by atoms with van der Waals surface area (Å²) in [6, 6.07) is 10.6. The maximum absolute atomic E-state index is 12.9. The van der Waals surface area contributed by atoms with E-state index in [2.05, 4.69) is 6.92 Å². The van der Waals surface area contributed by atoms with E-state index < -0.39 is 17.7 Å². The molecule has 1 heterocycles. The van der Waals surface area contributed by atoms with Crippen molar-refractivity contribution in [1.82, 2.24) is 4.90 Å². The first-order valence-electron chi connectivity index (χ1n) is 10.7. The molecule has 0 aliphatic carbocycles. The van der Waals surface area contributed by atoms with E-state index in [1.807, 2.05) is 6.92 Å². The fourth-order valence-corrected chi connectivity index (χ4v) is 3.74. The van der Waals surface area contributed by atoms with Gasteiger partial charge in [0.2, 0.25) is 0 Å². The smallest absolute Gasteiger partial charge is 0.295 e. The van der Waals surface area contributed by atoms with E-state index in [0.717, 1.165) is 18.4 Å². The van der Waals surface area contributed by atoms with E-state index in [4.69, 9.17) is 9.47 Å². The molecule has 2 N–H and O–H groups in total. The van der Waals surface area contributed by atoms with E-state index in [1.165, 1.54) is 24.1 Å². The number of benzene rings is 2. The van der Waals surface area contributed by atoms with Crippen LogP contribution < -0.4 is 4.74 Å². The molecule has 0 bridgehead atoms. The Labute approximate surface area is 187 Å². The van der Waals surface area contributed by atoms with Gasteiger partial charge in [0.15, 0.2) is 0 Å². The number of phenols is 1. The lowest BCUT2D eigenvalue weighted by Gasteiger charge is -2.25. The fourth-order valence-electron chi connectivity index (χ4n) is 3.74. The Bertz CT molecular complexity index is 1010. The summed E-state index contributed by atoms with van der Waals surface area (Å²) >= 11 is 0. The van der Waals surface area contributed by atoms with Crippen LogP contribution in [0.3, 0.4) is 0 Å². The molecular weight excluding hydrogens is 410 g/mol. The third-order valence-corrected chi connectivity index (χ3v) is 5.49. The van der Waals surface area contributed by atoms with Crippen molar-refractivity contribution in [1.29, 1.82) is 0 Å². The minimum absolute atomic E-state index is 0.0100. The zero-order valence-corrected chi connectivity index (χ0v) is 18.6. The first-order valence-corrected chi connectivity index (χ1v) is 10.7. The highest BCUT2D eigenvalue weighted by Crippen LogP contribution is 2.40. The largest absolute Gasteiger partial charge is 0.508 e. The SMILES string of the molecule is CCCCOc1ccc(/C(O)=C2\C(=O)C(=O)N(CCOC)[C@@H]2c2ccc(O)cc2)cc1C. The van der Waals surface area contributed by atoms with Crippen molar-refractivity contribution in [2.75, 3.05) is 26.9 Å². The first kappa shape index (κ1) is 23.3. The first-order chi connectivity index (χ1) is 15.4. The third kappa shape index (κ3) is 4.78. The molecule has 170 valence electrons. The van der Waals surface area contributed by atoms with Crippen LogP contribution in [0.15, 0.2) is 48.0 Å². The average Bonchev–Trinajstić information content (AvgIpc) is 3.03. The number of aliphatic hydroxyl groups excluding tert-OH is 1. The van der Waals surface area contributed by atoms with Gasteiger partial charge in [-0.25, -0.2) is 0 Å². The molecule has 32 heavy (non-hydrogen) atoms. The number of hydrogen-bond acceptors (Lipinski definition) is 6. The summed E-state index contributed by atoms with van der Waals surface area (Å²) in [5, 5.41) is 20.8. The van der Waals surface area contributed by atoms with Crippen molar-refractivity contribution in [3.8, 4) is 11.5 Å². The second-order valence-electron chi connectivity index (χ2n) is 7.76. The number of hydrogen-bond donors (Lipinski definition) is 2. The van der Waals surface area contributed by atoms with Crippen LogP contribution in [0, 0.1) is 6.92 Å². The average molecular weight is 440 g/mol. The van der Waals surface area contributed by atoms with Gasteiger partial charge >= 0.3 is 0 Å². The van der Waals surface area contributed by atoms with Gasteiger partial charge in [-0.15, -0.1) is 0 Å². The number of unbranched alkanes of at least 4 members (excludes halogenated alkanes) is 1. The number of likely N-dealkylation sites (tertiary alicyclic amines) is 1. The molecule has 0 unspecified atom stereocenters. The van der Waals surface area contributed by atoms with Crippen LogP contribution in [0.4, 0.5) is 0 Å². The summed E-state index contributed by atoms with van der Waals surface area (Å²) in [6.07, 6.45) is 1.97. The number of ketones is 1. The number of carbonyl (C=O) groups excluding carboxylic acids is 2. The monoisotopic (exact) mass is 439 g/mol. The van der Waals surface area contributed by atoms with Crippen molar-refractivity contribution in [2.45, 2.75) is 32.7 Å². The van der Waals surface area contributed by atoms with Crippen LogP contribution in [0.1, 0.15) is 42.5 Å². The Morgan fingerprint density at radius 1 is 1.09 bits per heavy atom. The van der Waals surface area contributed by atoms with Gasteiger partial charge in [-0.1, -0.05) is 25.5 Å². The zero-order valence-electron chi connectivity index (χ0n) is 18.6. The molecule has 7 nitrogen and oxygen atoms in total. The predicted octanol–water partition coefficient (Wildman–Crippen LogP) is 3.95. The van der Waals surface area contributed by atoms with Crippen LogP contribution in [0.5, 0.6) is 11.5 Å². The number of aryl methyl sites for hydroxylation is 1. The Kier molecular flexibility index (Phi) is 7.53. The summed E-state index contributed by atoms with van der Waals surface area (Å²) in [5.41, 5.74) is 1.87. The number of amides is 1. The van der Waals surface area contributed by atoms with Crippen molar-refractivity contribution >= 4 is 17.4 Å². The van der Waals surface area contributed by atoms with Gasteiger partial charge in [0.05, 0.1) is 24.8 Å². The lowest BCUT2D eigenvalue weighted by Crippen LogP contribution is -2.32. The van der Waals surface area contributed by atoms with Crippen LogP contribution in [-0.2, 0) is 14.3 Å². The topological polar surface area (TPSA) is 96.3 Å². The molecule has 7 heteroatoms. The van der Waals surface area contributed by atoms with Gasteiger partial charge in [0.25, 0.3) is 11.7 Å². The van der Waals surface area contributed by atoms with Gasteiger partial charge in [-0.3, -0.25) is 9.59 Å². The Morgan fingerprint density at radius 2 is 1.81 bits per heavy atom. The molecule has 1 aliphatic heterocycles. The molecule has 2 aromatic rings. The van der Waals surface area contributed by atoms with Gasteiger partial charge in [-0.05, 0) is 54.8 Å². The standard InChI is InChI=1S/C25H29NO6/c1-4-5-13-32-20-11-8-18(15-16(20)2)23(28)21-22(17-6-9-19(27)10-7-17)26(12-14-31-3)25(30)24(21)29/h6-11,15,22,27-28H,4-5,12-14H2,1-3H3/b23-21+/t22-/m1/s1. The number of Topliss-reactive ketones (excluding diaryl/α,β-unsaturated/α-hetero) is 1. The second-order valence-corrected chi connectivity index (χ2v) is 7.76. The van der Waals surface area contributed by atoms with E-state index in [1.54, 1.807) is 30.3 Å². The van der Waals surface area contributed by atoms with Crippen LogP contribution >= 0.6 is 0 Å². The highest BCUT2D eigenvalue weighted by Gasteiger charge is 2.45. The maximum Gasteiger partial charge on any atom is 0.295 e. The third-order valence-electron chi connectivity index (χ3n) is 5.49. The Balaban J connectivity index is 2.04. The summed E-state index contributed by atoms with van der Waals surface area (Å²) in [6.45, 7) is 4.99. The number of methoxy groups -OCH3 is 1. The summed E-state index contributed by atoms with van der Waals surface area (Å²) in [4.78, 5) is 27.1. The number of phenolic OH excluding ortho intramolecular Hbond substituents is 1. The number of aromatic hydroxyl groups is 1. The lowest BCUT2D eigenvalue weighted by atomic mass is 9.94. The minimum atomic E-state index is -0.786. The molecule has 3 rings (SSSR count). The number of aliphatic hydroxyl groups is 1. The molecule has 0 radical (unpaired) electrons. The molecule has 1 atom stereocenters. The normalized spacial score (nSPS) is 17.7. The molecule has 1 fully saturated rings. The number of rotatable bonds is 9. The predicted molar refractivity (Wildman–Crippen MR) is 121 cm³/mol. The molecule has 1 aliphatic rings. The van der Waals surface area contributed by atoms with Crippen LogP contribution in [-0.4, -0.2) is 53.7 Å². The Morgan fingerprint density at radius 3 is 2.44 bits per heavy atom. The highest BCUT2D eigenvalue weighted by atomic mass is 16.5. The summed E-state index contributed by atoms with van der Waals surface area (Å²) < 4.78 is 10.9. The van der Waals surface area contributed by atoms with E-state index >= 15 is 0 Å². The summed E-state index contributed by atoms with van der Waals surface area (Å²) in [7, 11) is 1.51. The van der Waals surface area contributed by atoms with E-state index in [9.17, 15) is 19.8 Å². The van der Waals surface area contributed by atoms with Crippen molar-refractivity contribution in [3.63, 3.8) is 0 Å². The molecule has 1 amide bonds. The van der Waals surface area contributed by atoms with E-state index in [0.29, 0.717) is 23.5 Å². The van der Waals surface area contributed by atoms with Gasteiger partial charge in [-0.2, -0.15) is 0 Å². The molecular formula is C25H29NO6. The molecule has 0 aromatic heterocycles. The molecule has 1 saturated heterocycles. The van der Waals surface area contributed by atoms with Crippen molar-refractivity contribution < 1.29 is 29.3 Å². The quantitative estimate of drug-likeness (QED) is 0.266. The molecule has 2 aromatic carbocycles. The highest BCUT2D eigenvalue weighted by molar-refractivity contribution is 6.46. The van der Waals surface area contributed by atoms with Crippen LogP contribution in [0.25, 0.3) is 5.76 Å². The maximum atomic E-state index is 12.9. The van der Waals surface area contributed by atoms with Crippen LogP contribution in [0.2, 0.25) is 0 Å². The number of ether oxygens (including phenoxy) is 2. The Hall–Kier alpha value is -3.32. The fraction of sp³-hybridized carbons (Fsp3) is 0.360. The number of nitrogens with zero attached hydrogens (tertiary/aromatic N) is 1. The molecule has 0 saturated carbocycles. The van der Waals surface area contributed by atoms with Crippen molar-refractivity contribution in [3.05, 3.63) is 64.7 Å². The van der Waals surface area contributed by atoms with E-state index in [-0.39, 0.29) is 30.2 Å². The lowest BCUT2D eigenvalue weighted by molar-refractivity contribution is -0.140. The van der Waals surface area contributed by atoms with Gasteiger partial charge < -0.3 is 24.6 Å². The second kappa shape index (κ2) is 10.3. The van der Waals surface area contributed by atoms with Gasteiger partial charge in [0.1, 0.15) is 17.3 Å². The zero-order chi connectivity index (χ0) is 23.3.